The summed E-state index contributed by atoms with van der Waals surface area (Å²) in [6, 6.07) is 4.29. The van der Waals surface area contributed by atoms with Gasteiger partial charge in [0.1, 0.15) is 36.8 Å². The van der Waals surface area contributed by atoms with Gasteiger partial charge >= 0.3 is 0 Å². The lowest BCUT2D eigenvalue weighted by Crippen LogP contribution is -2.47. The first kappa shape index (κ1) is 41.0. The molecule has 2 rings (SSSR count). The zero-order chi connectivity index (χ0) is 35.8. The number of hydrogen-bond donors (Lipinski definition) is 6. The fourth-order valence-electron chi connectivity index (χ4n) is 5.55. The lowest BCUT2D eigenvalue weighted by Gasteiger charge is -2.39. The van der Waals surface area contributed by atoms with E-state index in [1.807, 2.05) is 11.8 Å². The summed E-state index contributed by atoms with van der Waals surface area (Å²) < 4.78 is 6.01. The Kier molecular flexibility index (Phi) is 13.1. The second kappa shape index (κ2) is 14.7. The average Bonchev–Trinajstić information content (AvgIpc) is 2.88. The van der Waals surface area contributed by atoms with Gasteiger partial charge in [0.15, 0.2) is 0 Å². The van der Waals surface area contributed by atoms with Crippen molar-refractivity contribution in [1.82, 2.24) is 0 Å². The number of ether oxygens (including phenoxy) is 1. The van der Waals surface area contributed by atoms with E-state index in [1.165, 1.54) is 4.91 Å². The van der Waals surface area contributed by atoms with E-state index in [4.69, 9.17) is 9.84 Å². The van der Waals surface area contributed by atoms with Gasteiger partial charge in [-0.25, -0.2) is 0 Å². The fraction of sp³-hybridized carbons (Fsp3) is 0.730. The van der Waals surface area contributed by atoms with E-state index in [9.17, 15) is 25.5 Å². The summed E-state index contributed by atoms with van der Waals surface area (Å²) in [7, 11) is 0. The van der Waals surface area contributed by atoms with Gasteiger partial charge in [-0.3, -0.25) is 0 Å². The van der Waals surface area contributed by atoms with Gasteiger partial charge in [0.05, 0.1) is 16.4 Å². The molecule has 264 valence electrons. The van der Waals surface area contributed by atoms with Crippen LogP contribution in [-0.2, 0) is 10.8 Å². The van der Waals surface area contributed by atoms with Gasteiger partial charge in [-0.1, -0.05) is 83.1 Å². The number of benzene rings is 1. The van der Waals surface area contributed by atoms with Crippen molar-refractivity contribution in [2.75, 3.05) is 13.2 Å². The van der Waals surface area contributed by atoms with E-state index in [-0.39, 0.29) is 38.3 Å². The monoisotopic (exact) mass is 682 g/mol. The maximum absolute atomic E-state index is 11.3. The summed E-state index contributed by atoms with van der Waals surface area (Å²) in [6.45, 7) is 29.0. The minimum absolute atomic E-state index is 0.0355. The van der Waals surface area contributed by atoms with E-state index in [1.54, 1.807) is 11.8 Å². The molecular weight excluding hydrogens is 621 g/mol. The van der Waals surface area contributed by atoms with Crippen LogP contribution in [-0.4, -0.2) is 72.3 Å². The topological polar surface area (TPSA) is 131 Å². The van der Waals surface area contributed by atoms with Crippen LogP contribution < -0.4 is 4.74 Å². The number of rotatable bonds is 11. The van der Waals surface area contributed by atoms with Crippen LogP contribution in [0.3, 0.4) is 0 Å². The predicted octanol–water partition coefficient (Wildman–Crippen LogP) is 7.47. The van der Waals surface area contributed by atoms with Crippen LogP contribution >= 0.6 is 23.5 Å². The van der Waals surface area contributed by atoms with Crippen molar-refractivity contribution in [3.05, 3.63) is 45.6 Å². The lowest BCUT2D eigenvalue weighted by atomic mass is 9.71. The van der Waals surface area contributed by atoms with Gasteiger partial charge in [-0.2, -0.15) is 0 Å². The molecule has 0 spiro atoms. The Balaban J connectivity index is 2.51. The molecule has 0 aromatic heterocycles. The van der Waals surface area contributed by atoms with Crippen molar-refractivity contribution < 1.29 is 35.4 Å². The Hall–Kier alpha value is -1.20. The van der Waals surface area contributed by atoms with E-state index >= 15 is 0 Å². The second-order valence-corrected chi connectivity index (χ2v) is 21.0. The van der Waals surface area contributed by atoms with Gasteiger partial charge in [-0.15, -0.1) is 23.5 Å². The van der Waals surface area contributed by atoms with Crippen LogP contribution in [0.4, 0.5) is 0 Å². The lowest BCUT2D eigenvalue weighted by molar-refractivity contribution is -0.121. The van der Waals surface area contributed by atoms with Crippen LogP contribution in [0.2, 0.25) is 0 Å². The quantitative estimate of drug-likeness (QED) is 0.104. The molecule has 0 saturated heterocycles. The molecule has 0 radical (unpaired) electrons. The van der Waals surface area contributed by atoms with Crippen molar-refractivity contribution in [1.29, 1.82) is 0 Å². The Morgan fingerprint density at radius 1 is 0.739 bits per heavy atom. The third-order valence-corrected chi connectivity index (χ3v) is 10.8. The Morgan fingerprint density at radius 3 is 1.63 bits per heavy atom. The van der Waals surface area contributed by atoms with E-state index in [0.29, 0.717) is 11.5 Å². The molecule has 0 saturated carbocycles. The van der Waals surface area contributed by atoms with Crippen molar-refractivity contribution >= 4 is 23.5 Å². The Bertz CT molecular complexity index is 1220. The first-order valence-electron chi connectivity index (χ1n) is 16.3. The highest BCUT2D eigenvalue weighted by molar-refractivity contribution is 8.20. The minimum atomic E-state index is -1.72. The molecule has 0 amide bonds. The van der Waals surface area contributed by atoms with E-state index in [0.717, 1.165) is 28.0 Å². The molecule has 0 fully saturated rings. The standard InChI is InChI=1S/C37H62O7S2/c1-33(2,3)23-15-21(16-24(29(23)41)34(4,5)6)45-37(13,14)46-22-17-25(35(7,8)9)32(26(18-22)36(10,11)12)44-20-28(40)31(43)30(42)27(39)19-38/h15,17-18,24,27-28,30-31,38-43H,16,19-20H2,1-14H3. The molecule has 1 aromatic rings. The summed E-state index contributed by atoms with van der Waals surface area (Å²) in [6.07, 6.45) is -3.51. The number of hydrogen-bond acceptors (Lipinski definition) is 9. The highest BCUT2D eigenvalue weighted by Gasteiger charge is 2.38. The van der Waals surface area contributed by atoms with Gasteiger partial charge in [0, 0.05) is 21.9 Å². The third kappa shape index (κ3) is 10.6. The summed E-state index contributed by atoms with van der Waals surface area (Å²) in [4.78, 5) is 2.34. The molecule has 0 aliphatic heterocycles. The van der Waals surface area contributed by atoms with Crippen molar-refractivity contribution in [3.8, 4) is 5.75 Å². The van der Waals surface area contributed by atoms with Gasteiger partial charge < -0.3 is 35.4 Å². The number of aliphatic hydroxyl groups is 6. The molecule has 7 nitrogen and oxygen atoms in total. The molecule has 0 bridgehead atoms. The van der Waals surface area contributed by atoms with Crippen molar-refractivity contribution in [2.45, 2.75) is 148 Å². The highest BCUT2D eigenvalue weighted by Crippen LogP contribution is 2.53. The predicted molar refractivity (Wildman–Crippen MR) is 193 cm³/mol. The maximum atomic E-state index is 11.3. The molecule has 9 heteroatoms. The molecule has 0 heterocycles. The number of thioether (sulfide) groups is 2. The number of allylic oxidation sites excluding steroid dienone is 4. The third-order valence-electron chi connectivity index (χ3n) is 8.31. The smallest absolute Gasteiger partial charge is 0.126 e. The van der Waals surface area contributed by atoms with Gasteiger partial charge in [-0.05, 0) is 70.6 Å². The Labute approximate surface area is 286 Å². The average molecular weight is 683 g/mol. The second-order valence-electron chi connectivity index (χ2n) is 17.3. The maximum Gasteiger partial charge on any atom is 0.126 e. The van der Waals surface area contributed by atoms with Crippen molar-refractivity contribution in [2.24, 2.45) is 16.7 Å². The van der Waals surface area contributed by atoms with Crippen LogP contribution in [0.25, 0.3) is 0 Å². The largest absolute Gasteiger partial charge is 0.512 e. The van der Waals surface area contributed by atoms with Crippen LogP contribution in [0.15, 0.2) is 39.3 Å². The molecule has 1 aliphatic rings. The molecular formula is C37H62O7S2. The highest BCUT2D eigenvalue weighted by atomic mass is 32.2. The van der Waals surface area contributed by atoms with Crippen LogP contribution in [0.5, 0.6) is 5.75 Å². The summed E-state index contributed by atoms with van der Waals surface area (Å²) >= 11 is 3.62. The number of aliphatic hydroxyl groups excluding tert-OH is 6. The Morgan fingerprint density at radius 2 is 1.22 bits per heavy atom. The molecule has 1 aromatic carbocycles. The molecule has 46 heavy (non-hydrogen) atoms. The molecule has 1 aliphatic carbocycles. The first-order chi connectivity index (χ1) is 20.6. The van der Waals surface area contributed by atoms with Crippen molar-refractivity contribution in [3.63, 3.8) is 0 Å². The summed E-state index contributed by atoms with van der Waals surface area (Å²) in [5, 5.41) is 61.3. The summed E-state index contributed by atoms with van der Waals surface area (Å²) in [5.41, 5.74) is 1.99. The van der Waals surface area contributed by atoms with Gasteiger partial charge in [0.2, 0.25) is 0 Å². The fourth-order valence-corrected chi connectivity index (χ4v) is 8.31. The SMILES string of the molecule is CC(C)(SC1=CC(C(C)(C)C)=C(O)C(C(C)(C)C)C1)Sc1cc(C(C)(C)C)c(OCC(O)C(O)C(O)C(O)CO)c(C(C)(C)C)c1. The first-order valence-corrected chi connectivity index (χ1v) is 17.9. The minimum Gasteiger partial charge on any atom is -0.512 e. The molecule has 5 unspecified atom stereocenters. The van der Waals surface area contributed by atoms with E-state index < -0.39 is 31.0 Å². The van der Waals surface area contributed by atoms with E-state index in [2.05, 4.69) is 115 Å². The van der Waals surface area contributed by atoms with Crippen LogP contribution in [0.1, 0.15) is 114 Å². The zero-order valence-corrected chi connectivity index (χ0v) is 32.3. The normalized spacial score (nSPS) is 19.9. The van der Waals surface area contributed by atoms with Gasteiger partial charge in [0.25, 0.3) is 0 Å². The van der Waals surface area contributed by atoms with Crippen LogP contribution in [0, 0.1) is 16.7 Å². The summed E-state index contributed by atoms with van der Waals surface area (Å²) in [5.74, 6) is 1.16. The zero-order valence-electron chi connectivity index (χ0n) is 30.6. The molecule has 6 N–H and O–H groups in total. The molecule has 5 atom stereocenters.